The highest BCUT2D eigenvalue weighted by Crippen LogP contribution is 2.30. The van der Waals surface area contributed by atoms with E-state index in [4.69, 9.17) is 13.9 Å². The van der Waals surface area contributed by atoms with E-state index in [2.05, 4.69) is 11.9 Å². The molecule has 1 saturated carbocycles. The molecule has 0 radical (unpaired) electrons. The van der Waals surface area contributed by atoms with Crippen LogP contribution in [0.15, 0.2) is 28.7 Å². The fourth-order valence-electron chi connectivity index (χ4n) is 4.20. The van der Waals surface area contributed by atoms with Crippen LogP contribution in [0.5, 0.6) is 0 Å². The molecule has 1 aromatic carbocycles. The number of benzene rings is 1. The molecule has 1 aliphatic rings. The van der Waals surface area contributed by atoms with Gasteiger partial charge in [0, 0.05) is 12.2 Å². The summed E-state index contributed by atoms with van der Waals surface area (Å²) in [5.41, 5.74) is 3.01. The molecule has 0 saturated heterocycles. The van der Waals surface area contributed by atoms with Crippen molar-refractivity contribution in [1.82, 2.24) is 4.98 Å². The van der Waals surface area contributed by atoms with Crippen LogP contribution in [0.3, 0.4) is 0 Å². The van der Waals surface area contributed by atoms with Crippen LogP contribution in [0.2, 0.25) is 0 Å². The summed E-state index contributed by atoms with van der Waals surface area (Å²) in [6, 6.07) is 8.13. The van der Waals surface area contributed by atoms with E-state index in [1.54, 1.807) is 0 Å². The minimum Gasteiger partial charge on any atom is -0.479 e. The van der Waals surface area contributed by atoms with E-state index in [9.17, 15) is 9.90 Å². The number of aryl methyl sites for hydroxylation is 2. The first-order chi connectivity index (χ1) is 14.8. The van der Waals surface area contributed by atoms with Gasteiger partial charge in [0.15, 0.2) is 6.10 Å². The first-order valence-electron chi connectivity index (χ1n) is 11.3. The molecule has 2 aromatic rings. The second kappa shape index (κ2) is 10.9. The number of ether oxygens (including phenoxy) is 2. The van der Waals surface area contributed by atoms with Crippen LogP contribution in [0.1, 0.15) is 56.5 Å². The van der Waals surface area contributed by atoms with E-state index in [1.165, 1.54) is 5.56 Å². The Labute approximate surface area is 185 Å². The van der Waals surface area contributed by atoms with E-state index in [-0.39, 0.29) is 5.92 Å². The Bertz CT molecular complexity index is 842. The highest BCUT2D eigenvalue weighted by molar-refractivity contribution is 5.72. The van der Waals surface area contributed by atoms with Gasteiger partial charge in [-0.3, -0.25) is 0 Å². The van der Waals surface area contributed by atoms with Crippen molar-refractivity contribution < 1.29 is 23.8 Å². The lowest BCUT2D eigenvalue weighted by Crippen LogP contribution is -2.32. The van der Waals surface area contributed by atoms with Crippen molar-refractivity contribution in [2.45, 2.75) is 66.1 Å². The van der Waals surface area contributed by atoms with Gasteiger partial charge in [-0.05, 0) is 63.0 Å². The average molecular weight is 430 g/mol. The van der Waals surface area contributed by atoms with Gasteiger partial charge in [0.05, 0.1) is 13.2 Å². The quantitative estimate of drug-likeness (QED) is 0.544. The molecule has 1 heterocycles. The third kappa shape index (κ3) is 6.65. The molecular weight excluding hydrogens is 394 g/mol. The van der Waals surface area contributed by atoms with Gasteiger partial charge in [-0.25, -0.2) is 9.78 Å². The molecule has 3 rings (SSSR count). The largest absolute Gasteiger partial charge is 0.479 e. The number of hydrogen-bond donors (Lipinski definition) is 1. The molecule has 6 nitrogen and oxygen atoms in total. The second-order valence-electron chi connectivity index (χ2n) is 9.14. The molecular formula is C25H35NO5. The Morgan fingerprint density at radius 2 is 1.84 bits per heavy atom. The third-order valence-corrected chi connectivity index (χ3v) is 6.04. The van der Waals surface area contributed by atoms with Gasteiger partial charge in [-0.1, -0.05) is 38.0 Å². The molecule has 3 atom stereocenters. The highest BCUT2D eigenvalue weighted by Gasteiger charge is 2.27. The van der Waals surface area contributed by atoms with Crippen LogP contribution in [0.4, 0.5) is 0 Å². The molecule has 1 aliphatic carbocycles. The molecule has 1 aromatic heterocycles. The Kier molecular flexibility index (Phi) is 8.27. The minimum atomic E-state index is -0.876. The van der Waals surface area contributed by atoms with E-state index >= 15 is 0 Å². The summed E-state index contributed by atoms with van der Waals surface area (Å²) in [5, 5.41) is 9.30. The van der Waals surface area contributed by atoms with Gasteiger partial charge >= 0.3 is 5.97 Å². The van der Waals surface area contributed by atoms with Crippen molar-refractivity contribution in [2.75, 3.05) is 13.2 Å². The molecule has 1 N–H and O–H groups in total. The van der Waals surface area contributed by atoms with Crippen LogP contribution in [-0.4, -0.2) is 35.4 Å². The Morgan fingerprint density at radius 1 is 1.16 bits per heavy atom. The topological polar surface area (TPSA) is 81.8 Å². The van der Waals surface area contributed by atoms with Crippen LogP contribution in [-0.2, 0) is 20.9 Å². The lowest BCUT2D eigenvalue weighted by molar-refractivity contribution is -0.154. The number of nitrogens with zero attached hydrogens (tertiary/aromatic N) is 1. The van der Waals surface area contributed by atoms with Gasteiger partial charge in [0.25, 0.3) is 0 Å². The van der Waals surface area contributed by atoms with Crippen molar-refractivity contribution in [3.8, 4) is 11.5 Å². The summed E-state index contributed by atoms with van der Waals surface area (Å²) in [7, 11) is 0. The molecule has 0 bridgehead atoms. The van der Waals surface area contributed by atoms with Crippen molar-refractivity contribution in [1.29, 1.82) is 0 Å². The zero-order valence-corrected chi connectivity index (χ0v) is 19.1. The minimum absolute atomic E-state index is 0.0317. The molecule has 0 spiro atoms. The zero-order valence-electron chi connectivity index (χ0n) is 19.1. The number of aliphatic carboxylic acids is 1. The second-order valence-corrected chi connectivity index (χ2v) is 9.14. The van der Waals surface area contributed by atoms with Crippen molar-refractivity contribution in [2.24, 2.45) is 17.8 Å². The number of aromatic nitrogens is 1. The molecule has 0 aliphatic heterocycles. The highest BCUT2D eigenvalue weighted by atomic mass is 16.5. The first-order valence-corrected chi connectivity index (χ1v) is 11.3. The lowest BCUT2D eigenvalue weighted by Gasteiger charge is -2.30. The van der Waals surface area contributed by atoms with E-state index in [1.807, 2.05) is 45.0 Å². The predicted octanol–water partition coefficient (Wildman–Crippen LogP) is 5.41. The summed E-state index contributed by atoms with van der Waals surface area (Å²) in [5.74, 6) is 1.37. The smallest absolute Gasteiger partial charge is 0.333 e. The Balaban J connectivity index is 1.46. The predicted molar refractivity (Wildman–Crippen MR) is 119 cm³/mol. The standard InChI is InChI=1S/C25H35NO5/c1-16(2)23(25(27)28)30-14-20-7-5-6-19(12-20)13-29-15-22-18(4)31-24(26-22)21-10-8-17(3)9-11-21/h8-11,16,19-20,23H,5-7,12-15H2,1-4H3,(H,27,28). The van der Waals surface area contributed by atoms with Crippen LogP contribution >= 0.6 is 0 Å². The normalized spacial score (nSPS) is 20.2. The first kappa shape index (κ1) is 23.5. The Morgan fingerprint density at radius 3 is 2.48 bits per heavy atom. The summed E-state index contributed by atoms with van der Waals surface area (Å²) >= 11 is 0. The van der Waals surface area contributed by atoms with Gasteiger partial charge in [-0.15, -0.1) is 0 Å². The summed E-state index contributed by atoms with van der Waals surface area (Å²) in [6.45, 7) is 9.36. The molecule has 1 fully saturated rings. The van der Waals surface area contributed by atoms with Gasteiger partial charge in [-0.2, -0.15) is 0 Å². The summed E-state index contributed by atoms with van der Waals surface area (Å²) in [6.07, 6.45) is 3.63. The number of carbonyl (C=O) groups is 1. The van der Waals surface area contributed by atoms with Crippen LogP contribution in [0.25, 0.3) is 11.5 Å². The number of rotatable bonds is 10. The Hall–Kier alpha value is -2.18. The van der Waals surface area contributed by atoms with Crippen LogP contribution in [0, 0.1) is 31.6 Å². The molecule has 3 unspecified atom stereocenters. The van der Waals surface area contributed by atoms with Crippen LogP contribution < -0.4 is 0 Å². The lowest BCUT2D eigenvalue weighted by atomic mass is 9.82. The zero-order chi connectivity index (χ0) is 22.4. The van der Waals surface area contributed by atoms with E-state index in [0.29, 0.717) is 37.5 Å². The average Bonchev–Trinajstić information content (AvgIpc) is 3.09. The van der Waals surface area contributed by atoms with Gasteiger partial charge in [0.1, 0.15) is 11.5 Å². The SMILES string of the molecule is Cc1ccc(-c2nc(COCC3CCCC(COC(C(=O)O)C(C)C)C3)c(C)o2)cc1. The fourth-order valence-corrected chi connectivity index (χ4v) is 4.20. The van der Waals surface area contributed by atoms with E-state index in [0.717, 1.165) is 42.7 Å². The molecule has 170 valence electrons. The maximum Gasteiger partial charge on any atom is 0.333 e. The maximum absolute atomic E-state index is 11.3. The fraction of sp³-hybridized carbons (Fsp3) is 0.600. The maximum atomic E-state index is 11.3. The monoisotopic (exact) mass is 429 g/mol. The number of oxazole rings is 1. The van der Waals surface area contributed by atoms with Gasteiger partial charge in [0.2, 0.25) is 5.89 Å². The summed E-state index contributed by atoms with van der Waals surface area (Å²) < 4.78 is 17.6. The molecule has 0 amide bonds. The summed E-state index contributed by atoms with van der Waals surface area (Å²) in [4.78, 5) is 16.0. The number of carboxylic acids is 1. The van der Waals surface area contributed by atoms with Gasteiger partial charge < -0.3 is 19.0 Å². The van der Waals surface area contributed by atoms with E-state index < -0.39 is 12.1 Å². The van der Waals surface area contributed by atoms with Crippen molar-refractivity contribution in [3.05, 3.63) is 41.3 Å². The molecule has 6 heteroatoms. The third-order valence-electron chi connectivity index (χ3n) is 6.04. The number of hydrogen-bond acceptors (Lipinski definition) is 5. The van der Waals surface area contributed by atoms with Crippen molar-refractivity contribution in [3.63, 3.8) is 0 Å². The number of carboxylic acid groups (broad SMARTS) is 1. The molecule has 31 heavy (non-hydrogen) atoms. The van der Waals surface area contributed by atoms with Crippen molar-refractivity contribution >= 4 is 5.97 Å².